The standard InChI is InChI=1S/C15H21N3O/c1-9(2)14(16)15-17-13(18-19-15)8-12-6-10(3)5-11(4)7-12/h5-7,9,14H,8,16H2,1-4H3. The smallest absolute Gasteiger partial charge is 0.243 e. The van der Waals surface area contributed by atoms with Crippen LogP contribution in [0, 0.1) is 19.8 Å². The molecule has 0 bridgehead atoms. The van der Waals surface area contributed by atoms with Crippen LogP contribution in [0.25, 0.3) is 0 Å². The van der Waals surface area contributed by atoms with Crippen LogP contribution in [0.3, 0.4) is 0 Å². The molecule has 0 spiro atoms. The van der Waals surface area contributed by atoms with Gasteiger partial charge in [-0.05, 0) is 25.3 Å². The molecule has 1 aromatic carbocycles. The van der Waals surface area contributed by atoms with Crippen molar-refractivity contribution in [1.29, 1.82) is 0 Å². The second-order valence-electron chi connectivity index (χ2n) is 5.49. The van der Waals surface area contributed by atoms with Gasteiger partial charge in [0.15, 0.2) is 5.82 Å². The summed E-state index contributed by atoms with van der Waals surface area (Å²) in [5, 5.41) is 4.01. The third kappa shape index (κ3) is 3.41. The fourth-order valence-electron chi connectivity index (χ4n) is 2.11. The summed E-state index contributed by atoms with van der Waals surface area (Å²) in [6, 6.07) is 6.25. The highest BCUT2D eigenvalue weighted by atomic mass is 16.5. The number of aryl methyl sites for hydroxylation is 2. The SMILES string of the molecule is Cc1cc(C)cc(Cc2noc(C(N)C(C)C)n2)c1. The highest BCUT2D eigenvalue weighted by molar-refractivity contribution is 5.30. The largest absolute Gasteiger partial charge is 0.338 e. The molecule has 1 unspecified atom stereocenters. The first-order valence-corrected chi connectivity index (χ1v) is 6.61. The van der Waals surface area contributed by atoms with Crippen LogP contribution in [-0.4, -0.2) is 10.1 Å². The van der Waals surface area contributed by atoms with E-state index in [9.17, 15) is 0 Å². The van der Waals surface area contributed by atoms with Gasteiger partial charge in [0, 0.05) is 6.42 Å². The topological polar surface area (TPSA) is 64.9 Å². The summed E-state index contributed by atoms with van der Waals surface area (Å²) in [5.74, 6) is 1.50. The van der Waals surface area contributed by atoms with Crippen LogP contribution in [0.1, 0.15) is 48.3 Å². The summed E-state index contributed by atoms with van der Waals surface area (Å²) in [4.78, 5) is 4.38. The molecule has 0 aliphatic heterocycles. The Morgan fingerprint density at radius 2 is 1.79 bits per heavy atom. The first-order chi connectivity index (χ1) is 8.95. The molecule has 1 atom stereocenters. The predicted molar refractivity (Wildman–Crippen MR) is 74.8 cm³/mol. The number of nitrogens with two attached hydrogens (primary N) is 1. The highest BCUT2D eigenvalue weighted by Gasteiger charge is 2.18. The summed E-state index contributed by atoms with van der Waals surface area (Å²) in [7, 11) is 0. The molecular formula is C15H21N3O. The lowest BCUT2D eigenvalue weighted by molar-refractivity contribution is 0.322. The van der Waals surface area contributed by atoms with Crippen molar-refractivity contribution >= 4 is 0 Å². The molecule has 2 rings (SSSR count). The van der Waals surface area contributed by atoms with Gasteiger partial charge in [0.1, 0.15) is 0 Å². The molecule has 19 heavy (non-hydrogen) atoms. The molecule has 0 amide bonds. The Balaban J connectivity index is 2.15. The second kappa shape index (κ2) is 5.53. The zero-order valence-corrected chi connectivity index (χ0v) is 12.0. The highest BCUT2D eigenvalue weighted by Crippen LogP contribution is 2.18. The van der Waals surface area contributed by atoms with Gasteiger partial charge in [-0.1, -0.05) is 48.3 Å². The predicted octanol–water partition coefficient (Wildman–Crippen LogP) is 2.93. The Morgan fingerprint density at radius 1 is 1.16 bits per heavy atom. The number of rotatable bonds is 4. The van der Waals surface area contributed by atoms with Crippen LogP contribution in [0.2, 0.25) is 0 Å². The number of benzene rings is 1. The number of aromatic nitrogens is 2. The molecule has 4 nitrogen and oxygen atoms in total. The van der Waals surface area contributed by atoms with Crippen LogP contribution < -0.4 is 5.73 Å². The van der Waals surface area contributed by atoms with Crippen LogP contribution in [0.5, 0.6) is 0 Å². The van der Waals surface area contributed by atoms with E-state index in [-0.39, 0.29) is 12.0 Å². The van der Waals surface area contributed by atoms with Crippen molar-refractivity contribution in [2.24, 2.45) is 11.7 Å². The number of hydrogen-bond donors (Lipinski definition) is 1. The van der Waals surface area contributed by atoms with Gasteiger partial charge in [-0.25, -0.2) is 0 Å². The van der Waals surface area contributed by atoms with E-state index in [0.717, 1.165) is 0 Å². The van der Waals surface area contributed by atoms with E-state index in [2.05, 4.69) is 42.2 Å². The minimum Gasteiger partial charge on any atom is -0.338 e. The van der Waals surface area contributed by atoms with Crippen molar-refractivity contribution in [3.63, 3.8) is 0 Å². The Morgan fingerprint density at radius 3 is 2.37 bits per heavy atom. The quantitative estimate of drug-likeness (QED) is 0.916. The van der Waals surface area contributed by atoms with E-state index < -0.39 is 0 Å². The lowest BCUT2D eigenvalue weighted by Gasteiger charge is -2.09. The number of nitrogens with zero attached hydrogens (tertiary/aromatic N) is 2. The molecule has 0 aliphatic carbocycles. The average molecular weight is 259 g/mol. The maximum atomic E-state index is 6.00. The van der Waals surface area contributed by atoms with Crippen LogP contribution in [-0.2, 0) is 6.42 Å². The summed E-state index contributed by atoms with van der Waals surface area (Å²) in [6.45, 7) is 8.26. The molecule has 1 aromatic heterocycles. The maximum Gasteiger partial charge on any atom is 0.243 e. The summed E-state index contributed by atoms with van der Waals surface area (Å²) < 4.78 is 5.23. The third-order valence-electron chi connectivity index (χ3n) is 3.13. The lowest BCUT2D eigenvalue weighted by atomic mass is 10.0. The molecule has 0 aliphatic rings. The molecule has 0 saturated heterocycles. The van der Waals surface area contributed by atoms with E-state index in [1.54, 1.807) is 0 Å². The zero-order valence-electron chi connectivity index (χ0n) is 12.0. The van der Waals surface area contributed by atoms with Crippen molar-refractivity contribution in [3.8, 4) is 0 Å². The van der Waals surface area contributed by atoms with Gasteiger partial charge in [-0.2, -0.15) is 4.98 Å². The van der Waals surface area contributed by atoms with E-state index in [1.165, 1.54) is 16.7 Å². The Labute approximate surface area is 114 Å². The van der Waals surface area contributed by atoms with Gasteiger partial charge in [0.2, 0.25) is 5.89 Å². The minimum absolute atomic E-state index is 0.194. The fourth-order valence-corrected chi connectivity index (χ4v) is 2.11. The number of hydrogen-bond acceptors (Lipinski definition) is 4. The molecule has 4 heteroatoms. The van der Waals surface area contributed by atoms with Gasteiger partial charge in [-0.15, -0.1) is 0 Å². The molecule has 1 heterocycles. The van der Waals surface area contributed by atoms with Crippen molar-refractivity contribution in [3.05, 3.63) is 46.6 Å². The van der Waals surface area contributed by atoms with Crippen LogP contribution in [0.15, 0.2) is 22.7 Å². The van der Waals surface area contributed by atoms with Crippen molar-refractivity contribution in [2.75, 3.05) is 0 Å². The summed E-state index contributed by atoms with van der Waals surface area (Å²) in [5.41, 5.74) is 9.69. The summed E-state index contributed by atoms with van der Waals surface area (Å²) in [6.07, 6.45) is 0.677. The fraction of sp³-hybridized carbons (Fsp3) is 0.467. The van der Waals surface area contributed by atoms with Gasteiger partial charge >= 0.3 is 0 Å². The Bertz CT molecular complexity index is 540. The Hall–Kier alpha value is -1.68. The minimum atomic E-state index is -0.194. The first kappa shape index (κ1) is 13.7. The zero-order chi connectivity index (χ0) is 14.0. The Kier molecular flexibility index (Phi) is 4.00. The van der Waals surface area contributed by atoms with Gasteiger partial charge < -0.3 is 10.3 Å². The molecular weight excluding hydrogens is 238 g/mol. The first-order valence-electron chi connectivity index (χ1n) is 6.61. The van der Waals surface area contributed by atoms with Crippen molar-refractivity contribution < 1.29 is 4.52 Å². The van der Waals surface area contributed by atoms with Crippen molar-refractivity contribution in [1.82, 2.24) is 10.1 Å². The van der Waals surface area contributed by atoms with Crippen molar-refractivity contribution in [2.45, 2.75) is 40.2 Å². The molecule has 102 valence electrons. The summed E-state index contributed by atoms with van der Waals surface area (Å²) >= 11 is 0. The van der Waals surface area contributed by atoms with Gasteiger partial charge in [0.25, 0.3) is 0 Å². The molecule has 2 aromatic rings. The van der Waals surface area contributed by atoms with E-state index in [4.69, 9.17) is 10.3 Å². The molecule has 0 radical (unpaired) electrons. The van der Waals surface area contributed by atoms with E-state index in [0.29, 0.717) is 18.1 Å². The van der Waals surface area contributed by atoms with Crippen LogP contribution >= 0.6 is 0 Å². The van der Waals surface area contributed by atoms with E-state index >= 15 is 0 Å². The maximum absolute atomic E-state index is 6.00. The average Bonchev–Trinajstić information content (AvgIpc) is 2.74. The van der Waals surface area contributed by atoms with Gasteiger partial charge in [0.05, 0.1) is 6.04 Å². The molecule has 0 fully saturated rings. The lowest BCUT2D eigenvalue weighted by Crippen LogP contribution is -2.17. The third-order valence-corrected chi connectivity index (χ3v) is 3.13. The normalized spacial score (nSPS) is 12.9. The van der Waals surface area contributed by atoms with Crippen LogP contribution in [0.4, 0.5) is 0 Å². The van der Waals surface area contributed by atoms with E-state index in [1.807, 2.05) is 13.8 Å². The monoisotopic (exact) mass is 259 g/mol. The molecule has 2 N–H and O–H groups in total. The second-order valence-corrected chi connectivity index (χ2v) is 5.49. The van der Waals surface area contributed by atoms with Gasteiger partial charge in [-0.3, -0.25) is 0 Å². The molecule has 0 saturated carbocycles.